The number of benzene rings is 1. The van der Waals surface area contributed by atoms with Crippen LogP contribution in [0.5, 0.6) is 0 Å². The second-order valence-electron chi connectivity index (χ2n) is 4.68. The second-order valence-corrected chi connectivity index (χ2v) is 4.68. The van der Waals surface area contributed by atoms with Gasteiger partial charge in [-0.05, 0) is 29.8 Å². The molecule has 0 aliphatic heterocycles. The summed E-state index contributed by atoms with van der Waals surface area (Å²) < 4.78 is 7.48. The molecule has 19 heavy (non-hydrogen) atoms. The quantitative estimate of drug-likeness (QED) is 0.675. The number of aryl methyl sites for hydroxylation is 1. The van der Waals surface area contributed by atoms with Gasteiger partial charge in [0.25, 0.3) is 0 Å². The molecule has 0 aliphatic carbocycles. The molecular weight excluding hydrogens is 240 g/mol. The highest BCUT2D eigenvalue weighted by molar-refractivity contribution is 5.91. The summed E-state index contributed by atoms with van der Waals surface area (Å²) in [6.45, 7) is 1.50. The van der Waals surface area contributed by atoms with Gasteiger partial charge in [0.2, 0.25) is 0 Å². The monoisotopic (exact) mass is 254 g/mol. The molecule has 4 nitrogen and oxygen atoms in total. The summed E-state index contributed by atoms with van der Waals surface area (Å²) in [4.78, 5) is 15.5. The Balaban J connectivity index is 1.89. The molecule has 0 unspecified atom stereocenters. The first-order valence-corrected chi connectivity index (χ1v) is 6.13. The number of carbonyl (C=O) groups is 1. The molecular formula is C15H14N2O2. The van der Waals surface area contributed by atoms with E-state index in [1.54, 1.807) is 12.4 Å². The molecule has 0 saturated heterocycles. The second kappa shape index (κ2) is 4.39. The van der Waals surface area contributed by atoms with Crippen molar-refractivity contribution >= 4 is 16.8 Å². The van der Waals surface area contributed by atoms with Crippen LogP contribution in [0, 0.1) is 0 Å². The first kappa shape index (κ1) is 11.7. The van der Waals surface area contributed by atoms with Gasteiger partial charge in [0.1, 0.15) is 5.76 Å². The third-order valence-corrected chi connectivity index (χ3v) is 3.18. The van der Waals surface area contributed by atoms with Crippen LogP contribution in [0.1, 0.15) is 28.8 Å². The number of imidazole rings is 1. The fourth-order valence-corrected chi connectivity index (χ4v) is 2.15. The summed E-state index contributed by atoms with van der Waals surface area (Å²) in [6, 6.07) is 9.72. The van der Waals surface area contributed by atoms with Crippen LogP contribution in [0.25, 0.3) is 11.0 Å². The predicted octanol–water partition coefficient (Wildman–Crippen LogP) is 2.96. The van der Waals surface area contributed by atoms with E-state index in [1.807, 2.05) is 29.8 Å². The van der Waals surface area contributed by atoms with E-state index in [4.69, 9.17) is 4.42 Å². The van der Waals surface area contributed by atoms with Crippen molar-refractivity contribution in [1.82, 2.24) is 9.55 Å². The average molecular weight is 254 g/mol. The third kappa shape index (κ3) is 2.17. The van der Waals surface area contributed by atoms with Crippen LogP contribution in [0.3, 0.4) is 0 Å². The topological polar surface area (TPSA) is 48.0 Å². The van der Waals surface area contributed by atoms with E-state index >= 15 is 0 Å². The number of ketones is 1. The molecule has 0 amide bonds. The fraction of sp³-hybridized carbons (Fsp3) is 0.200. The molecule has 2 aromatic heterocycles. The Kier molecular flexibility index (Phi) is 2.71. The highest BCUT2D eigenvalue weighted by Gasteiger charge is 2.08. The molecule has 0 fully saturated rings. The molecule has 0 aliphatic rings. The van der Waals surface area contributed by atoms with Gasteiger partial charge < -0.3 is 8.98 Å². The van der Waals surface area contributed by atoms with E-state index in [-0.39, 0.29) is 5.78 Å². The molecule has 0 saturated carbocycles. The maximum absolute atomic E-state index is 11.2. The molecule has 0 radical (unpaired) electrons. The highest BCUT2D eigenvalue weighted by Crippen LogP contribution is 2.18. The van der Waals surface area contributed by atoms with Crippen molar-refractivity contribution in [2.75, 3.05) is 0 Å². The van der Waals surface area contributed by atoms with Crippen molar-refractivity contribution in [3.8, 4) is 0 Å². The summed E-state index contributed by atoms with van der Waals surface area (Å²) >= 11 is 0. The van der Waals surface area contributed by atoms with Crippen LogP contribution in [-0.2, 0) is 13.5 Å². The summed E-state index contributed by atoms with van der Waals surface area (Å²) in [5, 5.41) is 0. The molecule has 0 spiro atoms. The fourth-order valence-electron chi connectivity index (χ4n) is 2.15. The molecule has 0 bridgehead atoms. The van der Waals surface area contributed by atoms with E-state index < -0.39 is 0 Å². The van der Waals surface area contributed by atoms with Crippen molar-refractivity contribution in [1.29, 1.82) is 0 Å². The Labute approximate surface area is 110 Å². The summed E-state index contributed by atoms with van der Waals surface area (Å²) in [6.07, 6.45) is 2.47. The number of hydrogen-bond donors (Lipinski definition) is 0. The van der Waals surface area contributed by atoms with Gasteiger partial charge in [-0.25, -0.2) is 4.98 Å². The Bertz CT molecular complexity index is 752. The minimum Gasteiger partial charge on any atom is -0.458 e. The summed E-state index contributed by atoms with van der Waals surface area (Å²) in [5.41, 5.74) is 3.20. The first-order chi connectivity index (χ1) is 9.13. The Hall–Kier alpha value is -2.36. The maximum Gasteiger partial charge on any atom is 0.194 e. The van der Waals surface area contributed by atoms with E-state index in [1.165, 1.54) is 6.92 Å². The Morgan fingerprint density at radius 3 is 2.89 bits per heavy atom. The highest BCUT2D eigenvalue weighted by atomic mass is 16.3. The van der Waals surface area contributed by atoms with Crippen molar-refractivity contribution in [2.24, 2.45) is 7.05 Å². The molecule has 3 aromatic rings. The Morgan fingerprint density at radius 1 is 1.32 bits per heavy atom. The maximum atomic E-state index is 11.2. The number of hydrogen-bond acceptors (Lipinski definition) is 3. The molecule has 96 valence electrons. The van der Waals surface area contributed by atoms with E-state index in [2.05, 4.69) is 11.1 Å². The Morgan fingerprint density at radius 2 is 2.16 bits per heavy atom. The van der Waals surface area contributed by atoms with Crippen molar-refractivity contribution in [2.45, 2.75) is 13.3 Å². The predicted molar refractivity (Wildman–Crippen MR) is 72.2 cm³/mol. The zero-order valence-corrected chi connectivity index (χ0v) is 10.9. The summed E-state index contributed by atoms with van der Waals surface area (Å²) in [5.74, 6) is 1.15. The molecule has 3 rings (SSSR count). The van der Waals surface area contributed by atoms with Crippen molar-refractivity contribution in [3.05, 3.63) is 53.7 Å². The molecule has 0 atom stereocenters. The van der Waals surface area contributed by atoms with Gasteiger partial charge in [0.15, 0.2) is 11.5 Å². The lowest BCUT2D eigenvalue weighted by molar-refractivity contribution is 0.0985. The van der Waals surface area contributed by atoms with Crippen molar-refractivity contribution in [3.63, 3.8) is 0 Å². The number of fused-ring (bicyclic) bond motifs is 1. The van der Waals surface area contributed by atoms with Crippen LogP contribution < -0.4 is 0 Å². The van der Waals surface area contributed by atoms with Crippen LogP contribution in [0.15, 0.2) is 41.1 Å². The summed E-state index contributed by atoms with van der Waals surface area (Å²) in [7, 11) is 1.97. The number of rotatable bonds is 3. The van der Waals surface area contributed by atoms with E-state index in [9.17, 15) is 4.79 Å². The lowest BCUT2D eigenvalue weighted by Crippen LogP contribution is -1.89. The standard InChI is InChI=1S/C15H14N2O2/c1-10(18)15-6-4-12(19-15)7-11-3-5-14-13(8-11)16-9-17(14)2/h3-6,8-9H,7H2,1-2H3. The third-order valence-electron chi connectivity index (χ3n) is 3.18. The molecule has 1 aromatic carbocycles. The lowest BCUT2D eigenvalue weighted by atomic mass is 10.1. The molecule has 2 heterocycles. The number of carbonyl (C=O) groups excluding carboxylic acids is 1. The number of nitrogens with zero attached hydrogens (tertiary/aromatic N) is 2. The smallest absolute Gasteiger partial charge is 0.194 e. The SMILES string of the molecule is CC(=O)c1ccc(Cc2ccc3c(c2)ncn3C)o1. The van der Waals surface area contributed by atoms with Crippen molar-refractivity contribution < 1.29 is 9.21 Å². The minimum absolute atomic E-state index is 0.0496. The number of furan rings is 1. The average Bonchev–Trinajstić information content (AvgIpc) is 2.97. The van der Waals surface area contributed by atoms with Gasteiger partial charge in [-0.3, -0.25) is 4.79 Å². The van der Waals surface area contributed by atoms with Gasteiger partial charge in [0.05, 0.1) is 17.4 Å². The molecule has 4 heteroatoms. The van der Waals surface area contributed by atoms with E-state index in [0.29, 0.717) is 12.2 Å². The largest absolute Gasteiger partial charge is 0.458 e. The van der Waals surface area contributed by atoms with Gasteiger partial charge in [-0.15, -0.1) is 0 Å². The van der Waals surface area contributed by atoms with Crippen LogP contribution in [0.2, 0.25) is 0 Å². The van der Waals surface area contributed by atoms with E-state index in [0.717, 1.165) is 22.4 Å². The first-order valence-electron chi connectivity index (χ1n) is 6.13. The normalized spacial score (nSPS) is 11.1. The minimum atomic E-state index is -0.0496. The van der Waals surface area contributed by atoms with Crippen LogP contribution in [-0.4, -0.2) is 15.3 Å². The van der Waals surface area contributed by atoms with Crippen LogP contribution >= 0.6 is 0 Å². The number of aromatic nitrogens is 2. The number of Topliss-reactive ketones (excluding diaryl/α,β-unsaturated/α-hetero) is 1. The van der Waals surface area contributed by atoms with Gasteiger partial charge >= 0.3 is 0 Å². The lowest BCUT2D eigenvalue weighted by Gasteiger charge is -2.00. The van der Waals surface area contributed by atoms with Crippen LogP contribution in [0.4, 0.5) is 0 Å². The molecule has 0 N–H and O–H groups in total. The zero-order valence-electron chi connectivity index (χ0n) is 10.9. The van der Waals surface area contributed by atoms with Gasteiger partial charge in [-0.1, -0.05) is 6.07 Å². The van der Waals surface area contributed by atoms with Gasteiger partial charge in [0, 0.05) is 20.4 Å². The zero-order chi connectivity index (χ0) is 13.4. The van der Waals surface area contributed by atoms with Gasteiger partial charge in [-0.2, -0.15) is 0 Å².